The molecule has 0 aliphatic heterocycles. The van der Waals surface area contributed by atoms with Crippen LogP contribution in [0.15, 0.2) is 11.4 Å². The molecule has 1 aromatic heterocycles. The summed E-state index contributed by atoms with van der Waals surface area (Å²) in [5.41, 5.74) is 1.28. The molecule has 2 heteroatoms. The van der Waals surface area contributed by atoms with E-state index in [1.54, 1.807) is 18.3 Å². The van der Waals surface area contributed by atoms with Crippen molar-refractivity contribution in [2.75, 3.05) is 0 Å². The van der Waals surface area contributed by atoms with E-state index in [-0.39, 0.29) is 11.2 Å². The van der Waals surface area contributed by atoms with E-state index in [4.69, 9.17) is 0 Å². The third-order valence-corrected chi connectivity index (χ3v) is 3.06. The first-order chi connectivity index (χ1) is 5.92. The third kappa shape index (κ3) is 2.66. The second-order valence-electron chi connectivity index (χ2n) is 4.21. The summed E-state index contributed by atoms with van der Waals surface area (Å²) in [4.78, 5) is 12.4. The van der Waals surface area contributed by atoms with Crippen LogP contribution in [0.1, 0.15) is 37.6 Å². The molecule has 0 N–H and O–H groups in total. The average molecular weight is 196 g/mol. The number of Topliss-reactive ketones (excluding diaryl/α,β-unsaturated/α-hetero) is 1. The van der Waals surface area contributed by atoms with Gasteiger partial charge in [0.15, 0.2) is 0 Å². The third-order valence-electron chi connectivity index (χ3n) is 2.20. The van der Waals surface area contributed by atoms with Crippen molar-refractivity contribution in [1.29, 1.82) is 0 Å². The minimum absolute atomic E-state index is 0.00338. The molecule has 0 radical (unpaired) electrons. The Kier molecular flexibility index (Phi) is 2.91. The van der Waals surface area contributed by atoms with Gasteiger partial charge in [0.1, 0.15) is 5.78 Å². The van der Waals surface area contributed by atoms with Crippen LogP contribution in [0.25, 0.3) is 0 Å². The zero-order valence-electron chi connectivity index (χ0n) is 8.68. The van der Waals surface area contributed by atoms with Crippen LogP contribution in [0.5, 0.6) is 0 Å². The molecule has 0 atom stereocenters. The van der Waals surface area contributed by atoms with Gasteiger partial charge in [-0.3, -0.25) is 4.79 Å². The zero-order chi connectivity index (χ0) is 10.1. The van der Waals surface area contributed by atoms with Crippen molar-refractivity contribution in [1.82, 2.24) is 0 Å². The molecule has 0 fully saturated rings. The lowest BCUT2D eigenvalue weighted by atomic mass is 9.82. The number of ketones is 1. The fourth-order valence-corrected chi connectivity index (χ4v) is 2.42. The highest BCUT2D eigenvalue weighted by Gasteiger charge is 2.23. The summed E-state index contributed by atoms with van der Waals surface area (Å²) in [5.74, 6) is 0.258. The predicted molar refractivity (Wildman–Crippen MR) is 57.4 cm³/mol. The molecule has 1 rings (SSSR count). The second-order valence-corrected chi connectivity index (χ2v) is 5.32. The van der Waals surface area contributed by atoms with Crippen LogP contribution < -0.4 is 0 Å². The minimum Gasteiger partial charge on any atom is -0.300 e. The van der Waals surface area contributed by atoms with Crippen molar-refractivity contribution in [2.24, 2.45) is 0 Å². The zero-order valence-corrected chi connectivity index (χ0v) is 9.49. The lowest BCUT2D eigenvalue weighted by Gasteiger charge is -2.21. The fraction of sp³-hybridized carbons (Fsp3) is 0.545. The van der Waals surface area contributed by atoms with Gasteiger partial charge in [-0.15, -0.1) is 11.3 Å². The average Bonchev–Trinajstić information content (AvgIpc) is 2.32. The number of carbonyl (C=O) groups excluding carboxylic acids is 1. The van der Waals surface area contributed by atoms with Crippen LogP contribution in [0.3, 0.4) is 0 Å². The van der Waals surface area contributed by atoms with Crippen LogP contribution in [0.4, 0.5) is 0 Å². The monoisotopic (exact) mass is 196 g/mol. The van der Waals surface area contributed by atoms with Crippen LogP contribution in [0.2, 0.25) is 0 Å². The molecule has 1 heterocycles. The maximum Gasteiger partial charge on any atom is 0.130 e. The smallest absolute Gasteiger partial charge is 0.130 e. The Hall–Kier alpha value is -0.630. The van der Waals surface area contributed by atoms with E-state index in [2.05, 4.69) is 32.2 Å². The highest BCUT2D eigenvalue weighted by atomic mass is 32.1. The fourth-order valence-electron chi connectivity index (χ4n) is 1.52. The number of rotatable bonds is 3. The number of thiophene rings is 1. The topological polar surface area (TPSA) is 17.1 Å². The number of carbonyl (C=O) groups is 1. The van der Waals surface area contributed by atoms with Crippen LogP contribution >= 0.6 is 11.3 Å². The Bertz CT molecular complexity index is 310. The first kappa shape index (κ1) is 10.5. The predicted octanol–water partition coefficient (Wildman–Crippen LogP) is 3.31. The quantitative estimate of drug-likeness (QED) is 0.725. The normalized spacial score (nSPS) is 11.7. The summed E-state index contributed by atoms with van der Waals surface area (Å²) in [6, 6.07) is 2.17. The summed E-state index contributed by atoms with van der Waals surface area (Å²) in [5, 5.41) is 2.15. The Morgan fingerprint density at radius 2 is 2.15 bits per heavy atom. The molecule has 0 saturated heterocycles. The number of aryl methyl sites for hydroxylation is 1. The summed E-state index contributed by atoms with van der Waals surface area (Å²) < 4.78 is 0. The van der Waals surface area contributed by atoms with Gasteiger partial charge in [0.05, 0.1) is 0 Å². The molecule has 0 unspecified atom stereocenters. The van der Waals surface area contributed by atoms with E-state index in [0.29, 0.717) is 6.42 Å². The molecular weight excluding hydrogens is 180 g/mol. The minimum atomic E-state index is -0.00338. The summed E-state index contributed by atoms with van der Waals surface area (Å²) in [6.07, 6.45) is 0.628. The van der Waals surface area contributed by atoms with Crippen LogP contribution in [0, 0.1) is 6.92 Å². The first-order valence-electron chi connectivity index (χ1n) is 4.47. The largest absolute Gasteiger partial charge is 0.300 e. The molecule has 0 saturated carbocycles. The van der Waals surface area contributed by atoms with Gasteiger partial charge in [0.2, 0.25) is 0 Å². The Balaban J connectivity index is 2.86. The van der Waals surface area contributed by atoms with Gasteiger partial charge in [0.25, 0.3) is 0 Å². The van der Waals surface area contributed by atoms with Crippen molar-refractivity contribution in [2.45, 2.75) is 39.5 Å². The molecule has 0 bridgehead atoms. The second kappa shape index (κ2) is 3.62. The summed E-state index contributed by atoms with van der Waals surface area (Å²) in [7, 11) is 0. The van der Waals surface area contributed by atoms with Crippen molar-refractivity contribution >= 4 is 17.1 Å². The number of hydrogen-bond donors (Lipinski definition) is 0. The van der Waals surface area contributed by atoms with E-state index in [1.807, 2.05) is 0 Å². The van der Waals surface area contributed by atoms with Gasteiger partial charge in [-0.25, -0.2) is 0 Å². The molecular formula is C11H16OS. The Labute approximate surface area is 83.8 Å². The van der Waals surface area contributed by atoms with Gasteiger partial charge in [0, 0.05) is 11.3 Å². The van der Waals surface area contributed by atoms with E-state index < -0.39 is 0 Å². The molecule has 0 amide bonds. The Morgan fingerprint density at radius 1 is 1.54 bits per heavy atom. The highest BCUT2D eigenvalue weighted by Crippen LogP contribution is 2.30. The molecule has 0 aliphatic rings. The maximum absolute atomic E-state index is 11.0. The molecule has 1 nitrogen and oxygen atoms in total. The van der Waals surface area contributed by atoms with E-state index in [1.165, 1.54) is 10.4 Å². The maximum atomic E-state index is 11.0. The van der Waals surface area contributed by atoms with Gasteiger partial charge < -0.3 is 0 Å². The summed E-state index contributed by atoms with van der Waals surface area (Å²) in [6.45, 7) is 7.99. The van der Waals surface area contributed by atoms with Gasteiger partial charge >= 0.3 is 0 Å². The van der Waals surface area contributed by atoms with E-state index in [0.717, 1.165) is 0 Å². The summed E-state index contributed by atoms with van der Waals surface area (Å²) >= 11 is 1.75. The van der Waals surface area contributed by atoms with Crippen molar-refractivity contribution in [3.63, 3.8) is 0 Å². The van der Waals surface area contributed by atoms with Crippen LogP contribution in [-0.2, 0) is 10.2 Å². The van der Waals surface area contributed by atoms with Gasteiger partial charge in [-0.1, -0.05) is 13.8 Å². The van der Waals surface area contributed by atoms with Crippen molar-refractivity contribution in [3.05, 3.63) is 21.9 Å². The van der Waals surface area contributed by atoms with E-state index in [9.17, 15) is 4.79 Å². The standard InChI is InChI=1S/C11H16OS/c1-8(12)6-11(3,4)10-5-9(2)13-7-10/h5,7H,6H2,1-4H3. The number of hydrogen-bond acceptors (Lipinski definition) is 2. The molecule has 72 valence electrons. The van der Waals surface area contributed by atoms with Gasteiger partial charge in [-0.05, 0) is 36.3 Å². The molecule has 0 aliphatic carbocycles. The van der Waals surface area contributed by atoms with Gasteiger partial charge in [-0.2, -0.15) is 0 Å². The lowest BCUT2D eigenvalue weighted by Crippen LogP contribution is -2.19. The Morgan fingerprint density at radius 3 is 2.54 bits per heavy atom. The SMILES string of the molecule is CC(=O)CC(C)(C)c1csc(C)c1. The van der Waals surface area contributed by atoms with E-state index >= 15 is 0 Å². The van der Waals surface area contributed by atoms with Crippen molar-refractivity contribution in [3.8, 4) is 0 Å². The van der Waals surface area contributed by atoms with Crippen LogP contribution in [-0.4, -0.2) is 5.78 Å². The molecule has 1 aromatic rings. The highest BCUT2D eigenvalue weighted by molar-refractivity contribution is 7.10. The van der Waals surface area contributed by atoms with Crippen molar-refractivity contribution < 1.29 is 4.79 Å². The molecule has 0 aromatic carbocycles. The molecule has 0 spiro atoms. The first-order valence-corrected chi connectivity index (χ1v) is 5.35. The lowest BCUT2D eigenvalue weighted by molar-refractivity contribution is -0.118. The molecule has 13 heavy (non-hydrogen) atoms.